The van der Waals surface area contributed by atoms with Gasteiger partial charge in [-0.2, -0.15) is 0 Å². The van der Waals surface area contributed by atoms with Crippen LogP contribution in [0.1, 0.15) is 25.7 Å². The summed E-state index contributed by atoms with van der Waals surface area (Å²) in [4.78, 5) is 21.0. The summed E-state index contributed by atoms with van der Waals surface area (Å²) in [6.07, 6.45) is 4.20. The molecule has 0 saturated heterocycles. The van der Waals surface area contributed by atoms with Crippen molar-refractivity contribution in [3.63, 3.8) is 0 Å². The molecular weight excluding hydrogens is 164 g/mol. The standard InChI is InChI=1S/C8H11ClO2/c9-8(11)7-3-1-6(5-10)2-4-7/h5-7H,1-4H2/t6-,7-. The minimum Gasteiger partial charge on any atom is -0.303 e. The minimum absolute atomic E-state index is 0.00728. The van der Waals surface area contributed by atoms with Crippen LogP contribution in [0.15, 0.2) is 0 Å². The maximum atomic E-state index is 10.7. The predicted molar refractivity (Wildman–Crippen MR) is 42.4 cm³/mol. The van der Waals surface area contributed by atoms with Gasteiger partial charge in [0.05, 0.1) is 0 Å². The van der Waals surface area contributed by atoms with Crippen LogP contribution in [0.4, 0.5) is 0 Å². The van der Waals surface area contributed by atoms with Gasteiger partial charge in [0.25, 0.3) is 0 Å². The van der Waals surface area contributed by atoms with Crippen molar-refractivity contribution in [2.75, 3.05) is 0 Å². The van der Waals surface area contributed by atoms with Gasteiger partial charge in [0.2, 0.25) is 5.24 Å². The molecule has 0 bridgehead atoms. The summed E-state index contributed by atoms with van der Waals surface area (Å²) in [5, 5.41) is -0.241. The molecule has 1 rings (SSSR count). The van der Waals surface area contributed by atoms with E-state index in [1.54, 1.807) is 0 Å². The van der Waals surface area contributed by atoms with Gasteiger partial charge in [0.15, 0.2) is 0 Å². The molecule has 0 aromatic heterocycles. The van der Waals surface area contributed by atoms with Crippen molar-refractivity contribution in [3.8, 4) is 0 Å². The lowest BCUT2D eigenvalue weighted by Gasteiger charge is -2.21. The summed E-state index contributed by atoms with van der Waals surface area (Å²) < 4.78 is 0. The second-order valence-corrected chi connectivity index (χ2v) is 3.42. The number of carbonyl (C=O) groups is 2. The first-order valence-corrected chi connectivity index (χ1v) is 4.26. The summed E-state index contributed by atoms with van der Waals surface area (Å²) in [7, 11) is 0. The van der Waals surface area contributed by atoms with Crippen molar-refractivity contribution >= 4 is 23.1 Å². The summed E-state index contributed by atoms with van der Waals surface area (Å²) >= 11 is 5.32. The van der Waals surface area contributed by atoms with Crippen LogP contribution in [0.5, 0.6) is 0 Å². The summed E-state index contributed by atoms with van der Waals surface area (Å²) in [6.45, 7) is 0. The van der Waals surface area contributed by atoms with E-state index in [-0.39, 0.29) is 17.1 Å². The van der Waals surface area contributed by atoms with Crippen LogP contribution in [-0.2, 0) is 9.59 Å². The lowest BCUT2D eigenvalue weighted by molar-refractivity contribution is -0.118. The van der Waals surface area contributed by atoms with Gasteiger partial charge in [0, 0.05) is 11.8 Å². The van der Waals surface area contributed by atoms with E-state index in [0.717, 1.165) is 32.0 Å². The molecular formula is C8H11ClO2. The molecule has 0 aromatic carbocycles. The predicted octanol–water partition coefficient (Wildman–Crippen LogP) is 1.76. The van der Waals surface area contributed by atoms with Crippen LogP contribution >= 0.6 is 11.6 Å². The first-order chi connectivity index (χ1) is 5.24. The molecule has 11 heavy (non-hydrogen) atoms. The maximum Gasteiger partial charge on any atom is 0.224 e. The fourth-order valence-electron chi connectivity index (χ4n) is 1.48. The Balaban J connectivity index is 2.35. The molecule has 0 atom stereocenters. The minimum atomic E-state index is -0.241. The van der Waals surface area contributed by atoms with E-state index in [0.29, 0.717) is 0 Å². The Labute approximate surface area is 70.9 Å². The van der Waals surface area contributed by atoms with Crippen LogP contribution in [-0.4, -0.2) is 11.5 Å². The number of halogens is 1. The highest BCUT2D eigenvalue weighted by Crippen LogP contribution is 2.28. The fourth-order valence-corrected chi connectivity index (χ4v) is 1.70. The molecule has 0 radical (unpaired) electrons. The van der Waals surface area contributed by atoms with E-state index in [1.165, 1.54) is 0 Å². The Hall–Kier alpha value is -0.370. The molecule has 0 aromatic rings. The third-order valence-corrected chi connectivity index (χ3v) is 2.59. The molecule has 0 spiro atoms. The average Bonchev–Trinajstić information content (AvgIpc) is 2.05. The number of hydrogen-bond acceptors (Lipinski definition) is 2. The Kier molecular flexibility index (Phi) is 3.06. The fraction of sp³-hybridized carbons (Fsp3) is 0.750. The van der Waals surface area contributed by atoms with Crippen molar-refractivity contribution < 1.29 is 9.59 Å². The van der Waals surface area contributed by atoms with E-state index in [1.807, 2.05) is 0 Å². The number of aldehydes is 1. The monoisotopic (exact) mass is 174 g/mol. The van der Waals surface area contributed by atoms with Crippen molar-refractivity contribution in [1.82, 2.24) is 0 Å². The van der Waals surface area contributed by atoms with Crippen LogP contribution in [0.25, 0.3) is 0 Å². The SMILES string of the molecule is O=C[C@H]1CC[C@H](C(=O)Cl)CC1. The summed E-state index contributed by atoms with van der Waals surface area (Å²) in [5.74, 6) is 0.176. The van der Waals surface area contributed by atoms with Gasteiger partial charge >= 0.3 is 0 Å². The van der Waals surface area contributed by atoms with Crippen molar-refractivity contribution in [2.24, 2.45) is 11.8 Å². The second kappa shape index (κ2) is 3.86. The number of carbonyl (C=O) groups excluding carboxylic acids is 2. The number of rotatable bonds is 2. The van der Waals surface area contributed by atoms with E-state index >= 15 is 0 Å². The zero-order chi connectivity index (χ0) is 8.27. The molecule has 0 aliphatic heterocycles. The Morgan fingerprint density at radius 1 is 1.27 bits per heavy atom. The van der Waals surface area contributed by atoms with Crippen molar-refractivity contribution in [2.45, 2.75) is 25.7 Å². The summed E-state index contributed by atoms with van der Waals surface area (Å²) in [6, 6.07) is 0. The molecule has 0 amide bonds. The quantitative estimate of drug-likeness (QED) is 0.472. The molecule has 2 nitrogen and oxygen atoms in total. The Morgan fingerprint density at radius 3 is 2.18 bits per heavy atom. The zero-order valence-corrected chi connectivity index (χ0v) is 7.01. The van der Waals surface area contributed by atoms with Crippen LogP contribution in [0.2, 0.25) is 0 Å². The molecule has 1 fully saturated rings. The smallest absolute Gasteiger partial charge is 0.224 e. The molecule has 0 unspecified atom stereocenters. The molecule has 62 valence electrons. The van der Waals surface area contributed by atoms with Gasteiger partial charge in [0.1, 0.15) is 6.29 Å². The molecule has 0 N–H and O–H groups in total. The van der Waals surface area contributed by atoms with Gasteiger partial charge in [-0.05, 0) is 37.3 Å². The topological polar surface area (TPSA) is 34.1 Å². The molecule has 1 aliphatic rings. The molecule has 1 saturated carbocycles. The normalized spacial score (nSPS) is 31.4. The van der Waals surface area contributed by atoms with Gasteiger partial charge in [-0.1, -0.05) is 0 Å². The van der Waals surface area contributed by atoms with Crippen molar-refractivity contribution in [3.05, 3.63) is 0 Å². The van der Waals surface area contributed by atoms with Crippen LogP contribution < -0.4 is 0 Å². The average molecular weight is 175 g/mol. The van der Waals surface area contributed by atoms with Gasteiger partial charge in [-0.3, -0.25) is 4.79 Å². The van der Waals surface area contributed by atoms with E-state index < -0.39 is 0 Å². The Bertz CT molecular complexity index is 159. The Morgan fingerprint density at radius 2 is 1.82 bits per heavy atom. The second-order valence-electron chi connectivity index (χ2n) is 3.05. The molecule has 0 heterocycles. The molecule has 3 heteroatoms. The van der Waals surface area contributed by atoms with E-state index in [4.69, 9.17) is 11.6 Å². The van der Waals surface area contributed by atoms with E-state index in [2.05, 4.69) is 0 Å². The van der Waals surface area contributed by atoms with Gasteiger partial charge in [-0.15, -0.1) is 0 Å². The van der Waals surface area contributed by atoms with Gasteiger partial charge in [-0.25, -0.2) is 0 Å². The highest BCUT2D eigenvalue weighted by atomic mass is 35.5. The van der Waals surface area contributed by atoms with Gasteiger partial charge < -0.3 is 4.79 Å². The molecule has 1 aliphatic carbocycles. The van der Waals surface area contributed by atoms with Crippen LogP contribution in [0.3, 0.4) is 0 Å². The maximum absolute atomic E-state index is 10.7. The third kappa shape index (κ3) is 2.29. The lowest BCUT2D eigenvalue weighted by Crippen LogP contribution is -2.19. The van der Waals surface area contributed by atoms with Crippen molar-refractivity contribution in [1.29, 1.82) is 0 Å². The van der Waals surface area contributed by atoms with Crippen LogP contribution in [0, 0.1) is 11.8 Å². The first-order valence-electron chi connectivity index (χ1n) is 3.88. The summed E-state index contributed by atoms with van der Waals surface area (Å²) in [5.41, 5.74) is 0. The largest absolute Gasteiger partial charge is 0.303 e. The third-order valence-electron chi connectivity index (χ3n) is 2.29. The van der Waals surface area contributed by atoms with E-state index in [9.17, 15) is 9.59 Å². The number of hydrogen-bond donors (Lipinski definition) is 0. The first kappa shape index (κ1) is 8.72. The lowest BCUT2D eigenvalue weighted by atomic mass is 9.83. The highest BCUT2D eigenvalue weighted by molar-refractivity contribution is 6.63. The zero-order valence-electron chi connectivity index (χ0n) is 6.25. The highest BCUT2D eigenvalue weighted by Gasteiger charge is 2.24.